The van der Waals surface area contributed by atoms with Crippen molar-refractivity contribution in [3.63, 3.8) is 0 Å². The fraction of sp³-hybridized carbons (Fsp3) is 0.385. The molecule has 0 unspecified atom stereocenters. The van der Waals surface area contributed by atoms with Crippen LogP contribution in [0.3, 0.4) is 0 Å². The van der Waals surface area contributed by atoms with Crippen molar-refractivity contribution in [1.29, 1.82) is 0 Å². The van der Waals surface area contributed by atoms with Gasteiger partial charge in [-0.3, -0.25) is 9.59 Å². The van der Waals surface area contributed by atoms with E-state index in [2.05, 4.69) is 63.1 Å². The van der Waals surface area contributed by atoms with Crippen LogP contribution in [-0.4, -0.2) is 85.1 Å². The molecule has 0 aliphatic carbocycles. The molecule has 0 N–H and O–H groups in total. The summed E-state index contributed by atoms with van der Waals surface area (Å²) in [7, 11) is -19.3. The van der Waals surface area contributed by atoms with E-state index < -0.39 is 15.6 Å². The number of carbonyl (C=O) groups is 2. The van der Waals surface area contributed by atoms with Crippen molar-refractivity contribution >= 4 is 50.7 Å². The number of halogens is 12. The van der Waals surface area contributed by atoms with Crippen molar-refractivity contribution in [3.05, 3.63) is 96.6 Å². The fourth-order valence-corrected chi connectivity index (χ4v) is 6.94. The summed E-state index contributed by atoms with van der Waals surface area (Å²) in [5, 5.41) is 0. The molecule has 0 saturated carbocycles. The Bertz CT molecular complexity index is 2180. The van der Waals surface area contributed by atoms with Gasteiger partial charge in [0.15, 0.2) is 37.9 Å². The van der Waals surface area contributed by atoms with Crippen LogP contribution in [0.2, 0.25) is 0 Å². The molecule has 0 fully saturated rings. The van der Waals surface area contributed by atoms with Gasteiger partial charge in [-0.2, -0.15) is 0 Å². The van der Waals surface area contributed by atoms with E-state index in [4.69, 9.17) is 28.4 Å². The van der Waals surface area contributed by atoms with Gasteiger partial charge in [-0.1, -0.05) is 23.9 Å². The minimum absolute atomic E-state index is 0.172. The number of ether oxygens (including phenoxy) is 6. The van der Waals surface area contributed by atoms with E-state index in [-0.39, 0.29) is 38.0 Å². The first kappa shape index (κ1) is 53.3. The summed E-state index contributed by atoms with van der Waals surface area (Å²) in [6.45, 7) is 5.39. The Hall–Kier alpha value is -4.31. The Labute approximate surface area is 369 Å². The molecule has 0 atom stereocenters. The molecule has 4 aromatic rings. The van der Waals surface area contributed by atoms with Gasteiger partial charge in [0.25, 0.3) is 0 Å². The minimum atomic E-state index is -10.7. The second kappa shape index (κ2) is 20.7. The first-order valence-electron chi connectivity index (χ1n) is 19.3. The molecular formula is C39H45F12N3O8P2S. The summed E-state index contributed by atoms with van der Waals surface area (Å²) in [6, 6.07) is 20.4. The summed E-state index contributed by atoms with van der Waals surface area (Å²) in [5.41, 5.74) is 6.08. The second-order valence-corrected chi connectivity index (χ2v) is 19.0. The van der Waals surface area contributed by atoms with Crippen LogP contribution in [0.1, 0.15) is 11.1 Å². The average Bonchev–Trinajstić information content (AvgIpc) is 3.17. The van der Waals surface area contributed by atoms with Crippen LogP contribution in [0.15, 0.2) is 95.2 Å². The van der Waals surface area contributed by atoms with Gasteiger partial charge in [0.05, 0.1) is 63.9 Å². The summed E-state index contributed by atoms with van der Waals surface area (Å²) < 4.78 is 156. The van der Waals surface area contributed by atoms with Gasteiger partial charge in [0.2, 0.25) is 0 Å². The standard InChI is InChI=1S/C39H45N3O8S.2F6P/c1-40-34-4-2-31-27-37(34)51-36-5-3-30(26-35(36)40)28-38(43)49-24-22-47-20-18-45-16-14-41-10-6-32(7-11-41)33-8-12-42(13-9-33)15-17-46-19-21-48-23-25-50-39(44)29-31;2*1-7(2,3,4,5)6/h2-13,26-27H,14-25,28-29H2,1H3;;/q+2;2*-1. The summed E-state index contributed by atoms with van der Waals surface area (Å²) >= 11 is 1.64. The third kappa shape index (κ3) is 24.7. The number of benzene rings is 2. The van der Waals surface area contributed by atoms with Gasteiger partial charge < -0.3 is 33.3 Å². The van der Waals surface area contributed by atoms with E-state index in [0.717, 1.165) is 56.5 Å². The summed E-state index contributed by atoms with van der Waals surface area (Å²) in [6.07, 6.45) is 8.56. The van der Waals surface area contributed by atoms with Crippen molar-refractivity contribution in [2.45, 2.75) is 35.7 Å². The molecule has 10 bridgehead atoms. The number of hydrogen-bond donors (Lipinski definition) is 0. The quantitative estimate of drug-likeness (QED) is 0.0733. The van der Waals surface area contributed by atoms with Crippen molar-refractivity contribution in [1.82, 2.24) is 0 Å². The van der Waals surface area contributed by atoms with Gasteiger partial charge in [-0.15, -0.1) is 0 Å². The number of hydrogen-bond acceptors (Lipinski definition) is 10. The van der Waals surface area contributed by atoms with Crippen LogP contribution >= 0.6 is 27.4 Å². The zero-order valence-corrected chi connectivity index (χ0v) is 37.0. The van der Waals surface area contributed by atoms with Crippen molar-refractivity contribution < 1.29 is 97.5 Å². The van der Waals surface area contributed by atoms with E-state index in [1.54, 1.807) is 11.8 Å². The van der Waals surface area contributed by atoms with Gasteiger partial charge in [-0.25, -0.2) is 9.13 Å². The van der Waals surface area contributed by atoms with Gasteiger partial charge in [-0.05, 0) is 46.5 Å². The molecule has 65 heavy (non-hydrogen) atoms. The van der Waals surface area contributed by atoms with Crippen LogP contribution in [0.4, 0.5) is 61.7 Å². The molecule has 9 aliphatic heterocycles. The van der Waals surface area contributed by atoms with E-state index in [1.165, 1.54) is 0 Å². The topological polar surface area (TPSA) is 101 Å². The SMILES string of the molecule is CN1c2ccc3cc2Sc2ccc(cc21)CC(=O)OCCOCCOCC[n+]1ccc(cc1)-c1cc[n+](cc1)CCOCCOCCOC(=O)C3.F[P-](F)(F)(F)(F)F.F[P-](F)(F)(F)(F)F. The number of esters is 2. The zero-order valence-electron chi connectivity index (χ0n) is 34.4. The molecule has 0 amide bonds. The molecule has 26 heteroatoms. The molecule has 364 valence electrons. The van der Waals surface area contributed by atoms with Crippen molar-refractivity contribution in [3.8, 4) is 11.1 Å². The van der Waals surface area contributed by atoms with Gasteiger partial charge in [0.1, 0.15) is 26.4 Å². The number of aromatic nitrogens is 2. The second-order valence-electron chi connectivity index (χ2n) is 14.1. The first-order chi connectivity index (χ1) is 29.9. The number of nitrogens with zero attached hydrogens (tertiary/aromatic N) is 3. The maximum absolute atomic E-state index is 12.6. The van der Waals surface area contributed by atoms with Crippen LogP contribution in [0.5, 0.6) is 0 Å². The van der Waals surface area contributed by atoms with E-state index in [9.17, 15) is 60.0 Å². The van der Waals surface area contributed by atoms with Crippen LogP contribution in [-0.2, 0) is 63.9 Å². The maximum atomic E-state index is 12.6. The fourth-order valence-electron chi connectivity index (χ4n) is 5.74. The normalized spacial score (nSPS) is 18.8. The van der Waals surface area contributed by atoms with E-state index in [0.29, 0.717) is 52.9 Å². The monoisotopic (exact) mass is 1010 g/mol. The third-order valence-electron chi connectivity index (χ3n) is 8.52. The Morgan fingerprint density at radius 1 is 0.477 bits per heavy atom. The number of anilines is 2. The Morgan fingerprint density at radius 2 is 0.846 bits per heavy atom. The molecule has 9 aliphatic rings. The molecule has 0 spiro atoms. The average molecular weight is 1010 g/mol. The van der Waals surface area contributed by atoms with E-state index >= 15 is 0 Å². The predicted molar refractivity (Wildman–Crippen MR) is 217 cm³/mol. The van der Waals surface area contributed by atoms with Crippen LogP contribution in [0.25, 0.3) is 11.1 Å². The Morgan fingerprint density at radius 3 is 1.28 bits per heavy atom. The van der Waals surface area contributed by atoms with Crippen molar-refractivity contribution in [2.24, 2.45) is 0 Å². The van der Waals surface area contributed by atoms with Gasteiger partial charge in [0, 0.05) is 41.1 Å². The summed E-state index contributed by atoms with van der Waals surface area (Å²) in [4.78, 5) is 29.3. The molecule has 11 heterocycles. The van der Waals surface area contributed by atoms with Crippen molar-refractivity contribution in [2.75, 3.05) is 78.0 Å². The number of carbonyl (C=O) groups excluding carboxylic acids is 2. The summed E-state index contributed by atoms with van der Waals surface area (Å²) in [5.74, 6) is -0.596. The Kier molecular flexibility index (Phi) is 17.0. The zero-order chi connectivity index (χ0) is 48.1. The molecule has 2 aromatic heterocycles. The van der Waals surface area contributed by atoms with Gasteiger partial charge >= 0.3 is 77.9 Å². The first-order valence-corrected chi connectivity index (χ1v) is 24.2. The van der Waals surface area contributed by atoms with E-state index in [1.807, 2.05) is 43.4 Å². The number of rotatable bonds is 0. The molecule has 0 radical (unpaired) electrons. The third-order valence-corrected chi connectivity index (χ3v) is 9.63. The molecular weight excluding hydrogens is 960 g/mol. The molecule has 13 rings (SSSR count). The molecule has 0 saturated heterocycles. The number of pyridine rings is 2. The predicted octanol–water partition coefficient (Wildman–Crippen LogP) is 10.9. The van der Waals surface area contributed by atoms with Crippen LogP contribution in [0, 0.1) is 0 Å². The molecule has 2 aromatic carbocycles. The Balaban J connectivity index is 0.000000572. The molecule has 11 nitrogen and oxygen atoms in total. The van der Waals surface area contributed by atoms with Crippen LogP contribution < -0.4 is 14.0 Å².